The molecule has 1 aliphatic heterocycles. The number of H-pyrrole nitrogens is 1. The van der Waals surface area contributed by atoms with Gasteiger partial charge in [0.1, 0.15) is 12.2 Å². The summed E-state index contributed by atoms with van der Waals surface area (Å²) in [5, 5.41) is 0. The molecule has 20 heavy (non-hydrogen) atoms. The van der Waals surface area contributed by atoms with Gasteiger partial charge in [-0.25, -0.2) is 9.18 Å². The molecule has 2 heterocycles. The van der Waals surface area contributed by atoms with Crippen LogP contribution in [0, 0.1) is 0 Å². The molecule has 1 N–H and O–H groups in total. The Balaban J connectivity index is 2.41. The Kier molecular flexibility index (Phi) is 4.07. The summed E-state index contributed by atoms with van der Waals surface area (Å²) >= 11 is 0. The predicted octanol–water partition coefficient (Wildman–Crippen LogP) is -0.176. The van der Waals surface area contributed by atoms with Crippen LogP contribution in [-0.4, -0.2) is 48.3 Å². The highest BCUT2D eigenvalue weighted by molar-refractivity contribution is 5.02. The van der Waals surface area contributed by atoms with Crippen molar-refractivity contribution < 1.29 is 18.6 Å². The lowest BCUT2D eigenvalue weighted by molar-refractivity contribution is -0.0667. The molecule has 1 aromatic rings. The molecule has 0 aliphatic carbocycles. The van der Waals surface area contributed by atoms with Crippen molar-refractivity contribution in [3.8, 4) is 0 Å². The Morgan fingerprint density at radius 3 is 2.75 bits per heavy atom. The third-order valence-corrected chi connectivity index (χ3v) is 3.37. The minimum absolute atomic E-state index is 0.132. The van der Waals surface area contributed by atoms with Gasteiger partial charge in [0.05, 0.1) is 6.61 Å². The molecule has 0 bridgehead atoms. The van der Waals surface area contributed by atoms with Crippen LogP contribution in [0.4, 0.5) is 4.39 Å². The van der Waals surface area contributed by atoms with Crippen LogP contribution in [0.2, 0.25) is 0 Å². The lowest BCUT2D eigenvalue weighted by Crippen LogP contribution is -2.44. The van der Waals surface area contributed by atoms with E-state index in [1.165, 1.54) is 27.3 Å². The van der Waals surface area contributed by atoms with Crippen molar-refractivity contribution in [3.63, 3.8) is 0 Å². The minimum Gasteiger partial charge on any atom is -0.382 e. The van der Waals surface area contributed by atoms with Gasteiger partial charge < -0.3 is 14.2 Å². The van der Waals surface area contributed by atoms with Crippen LogP contribution in [0.15, 0.2) is 21.9 Å². The number of hydrogen-bond acceptors (Lipinski definition) is 5. The van der Waals surface area contributed by atoms with Gasteiger partial charge >= 0.3 is 5.69 Å². The summed E-state index contributed by atoms with van der Waals surface area (Å²) in [5.41, 5.74) is -3.24. The predicted molar refractivity (Wildman–Crippen MR) is 67.4 cm³/mol. The lowest BCUT2D eigenvalue weighted by Gasteiger charge is -2.26. The normalized spacial score (nSPS) is 33.5. The molecule has 1 unspecified atom stereocenters. The Morgan fingerprint density at radius 1 is 1.50 bits per heavy atom. The maximum Gasteiger partial charge on any atom is 0.330 e. The first-order chi connectivity index (χ1) is 9.41. The second-order valence-corrected chi connectivity index (χ2v) is 4.81. The standard InChI is InChI=1S/C12H17FN2O5/c1-12(13)9(19-3)7(6-18-2)20-10(12)15-5-4-8(16)14-11(15)17/h4-5,7,9-10H,6H2,1-3H3,(H,14,16,17)/t7-,9?,10-,12-/m1/s1. The first kappa shape index (κ1) is 14.9. The molecular formula is C12H17FN2O5. The molecule has 7 nitrogen and oxygen atoms in total. The number of alkyl halides is 1. The van der Waals surface area contributed by atoms with E-state index in [2.05, 4.69) is 4.98 Å². The third kappa shape index (κ3) is 2.41. The summed E-state index contributed by atoms with van der Waals surface area (Å²) in [7, 11) is 2.83. The second-order valence-electron chi connectivity index (χ2n) is 4.81. The molecular weight excluding hydrogens is 271 g/mol. The number of aromatic amines is 1. The van der Waals surface area contributed by atoms with Gasteiger partial charge in [-0.1, -0.05) is 0 Å². The van der Waals surface area contributed by atoms with Crippen LogP contribution in [0.1, 0.15) is 13.2 Å². The molecule has 0 saturated carbocycles. The first-order valence-corrected chi connectivity index (χ1v) is 6.09. The summed E-state index contributed by atoms with van der Waals surface area (Å²) in [4.78, 5) is 24.9. The van der Waals surface area contributed by atoms with Crippen molar-refractivity contribution in [2.24, 2.45) is 0 Å². The molecule has 0 aromatic carbocycles. The van der Waals surface area contributed by atoms with Gasteiger partial charge in [-0.05, 0) is 6.92 Å². The Hall–Kier alpha value is -1.51. The van der Waals surface area contributed by atoms with Gasteiger partial charge in [0.2, 0.25) is 0 Å². The third-order valence-electron chi connectivity index (χ3n) is 3.37. The number of ether oxygens (including phenoxy) is 3. The number of methoxy groups -OCH3 is 2. The fourth-order valence-electron chi connectivity index (χ4n) is 2.50. The largest absolute Gasteiger partial charge is 0.382 e. The van der Waals surface area contributed by atoms with E-state index in [9.17, 15) is 14.0 Å². The smallest absolute Gasteiger partial charge is 0.330 e. The average Bonchev–Trinajstić information content (AvgIpc) is 2.61. The number of nitrogens with zero attached hydrogens (tertiary/aromatic N) is 1. The van der Waals surface area contributed by atoms with E-state index in [4.69, 9.17) is 14.2 Å². The quantitative estimate of drug-likeness (QED) is 0.831. The zero-order valence-corrected chi connectivity index (χ0v) is 11.5. The molecule has 0 amide bonds. The average molecular weight is 288 g/mol. The monoisotopic (exact) mass is 288 g/mol. The topological polar surface area (TPSA) is 82.5 Å². The van der Waals surface area contributed by atoms with E-state index >= 15 is 0 Å². The number of halogens is 1. The van der Waals surface area contributed by atoms with E-state index < -0.39 is 35.4 Å². The zero-order valence-electron chi connectivity index (χ0n) is 11.5. The van der Waals surface area contributed by atoms with E-state index in [1.807, 2.05) is 0 Å². The fourth-order valence-corrected chi connectivity index (χ4v) is 2.50. The number of aromatic nitrogens is 2. The van der Waals surface area contributed by atoms with Crippen molar-refractivity contribution in [2.75, 3.05) is 20.8 Å². The van der Waals surface area contributed by atoms with Gasteiger partial charge in [-0.2, -0.15) is 0 Å². The summed E-state index contributed by atoms with van der Waals surface area (Å²) < 4.78 is 31.6. The van der Waals surface area contributed by atoms with Gasteiger partial charge in [0.15, 0.2) is 11.9 Å². The van der Waals surface area contributed by atoms with Crippen molar-refractivity contribution in [1.29, 1.82) is 0 Å². The molecule has 4 atom stereocenters. The van der Waals surface area contributed by atoms with Crippen LogP contribution < -0.4 is 11.2 Å². The van der Waals surface area contributed by atoms with Crippen LogP contribution in [0.3, 0.4) is 0 Å². The van der Waals surface area contributed by atoms with Crippen LogP contribution in [-0.2, 0) is 14.2 Å². The van der Waals surface area contributed by atoms with Gasteiger partial charge in [0, 0.05) is 26.5 Å². The van der Waals surface area contributed by atoms with E-state index in [1.54, 1.807) is 0 Å². The molecule has 0 radical (unpaired) electrons. The van der Waals surface area contributed by atoms with E-state index in [-0.39, 0.29) is 6.61 Å². The zero-order chi connectivity index (χ0) is 14.9. The number of hydrogen-bond donors (Lipinski definition) is 1. The molecule has 1 fully saturated rings. The van der Waals surface area contributed by atoms with Gasteiger partial charge in [-0.3, -0.25) is 14.3 Å². The highest BCUT2D eigenvalue weighted by Gasteiger charge is 2.56. The minimum atomic E-state index is -1.94. The second kappa shape index (κ2) is 5.47. The number of rotatable bonds is 4. The Bertz CT molecular complexity index is 582. The van der Waals surface area contributed by atoms with Crippen LogP contribution in [0.5, 0.6) is 0 Å². The molecule has 1 aromatic heterocycles. The molecule has 112 valence electrons. The molecule has 2 rings (SSSR count). The first-order valence-electron chi connectivity index (χ1n) is 6.09. The summed E-state index contributed by atoms with van der Waals surface area (Å²) in [6.45, 7) is 1.42. The molecule has 0 spiro atoms. The highest BCUT2D eigenvalue weighted by Crippen LogP contribution is 2.42. The van der Waals surface area contributed by atoms with Crippen LogP contribution in [0.25, 0.3) is 0 Å². The van der Waals surface area contributed by atoms with Gasteiger partial charge in [-0.15, -0.1) is 0 Å². The van der Waals surface area contributed by atoms with E-state index in [0.717, 1.165) is 10.6 Å². The number of nitrogens with one attached hydrogen (secondary N) is 1. The van der Waals surface area contributed by atoms with Gasteiger partial charge in [0.25, 0.3) is 5.56 Å². The maximum absolute atomic E-state index is 14.9. The molecule has 1 saturated heterocycles. The molecule has 8 heteroatoms. The lowest BCUT2D eigenvalue weighted by atomic mass is 9.98. The van der Waals surface area contributed by atoms with Crippen molar-refractivity contribution in [1.82, 2.24) is 9.55 Å². The molecule has 1 aliphatic rings. The Labute approximate surface area is 114 Å². The van der Waals surface area contributed by atoms with Crippen molar-refractivity contribution in [3.05, 3.63) is 33.1 Å². The summed E-state index contributed by atoms with van der Waals surface area (Å²) in [5.74, 6) is 0. The summed E-state index contributed by atoms with van der Waals surface area (Å²) in [6, 6.07) is 1.13. The Morgan fingerprint density at radius 2 is 2.20 bits per heavy atom. The SMILES string of the molecule is COC[C@H]1O[C@@H](n2ccc(=O)[nH]c2=O)[C@](C)(F)C1OC. The highest BCUT2D eigenvalue weighted by atomic mass is 19.1. The fraction of sp³-hybridized carbons (Fsp3) is 0.667. The van der Waals surface area contributed by atoms with E-state index in [0.29, 0.717) is 0 Å². The summed E-state index contributed by atoms with van der Waals surface area (Å²) in [6.07, 6.45) is -1.53. The van der Waals surface area contributed by atoms with Crippen molar-refractivity contribution >= 4 is 0 Å². The van der Waals surface area contributed by atoms with Crippen molar-refractivity contribution in [2.45, 2.75) is 31.0 Å². The van der Waals surface area contributed by atoms with Crippen LogP contribution >= 0.6 is 0 Å². The maximum atomic E-state index is 14.9.